The molecule has 8 nitrogen and oxygen atoms in total. The summed E-state index contributed by atoms with van der Waals surface area (Å²) < 4.78 is 18.7. The standard InChI is InChI=1S/C9H11FN2O6/c10-3-1-12(9(17)11-7(3)16)8-6(15)5(14)4(2-13)18-8/h1,4-6,8,13-15H,2H2,(H,11,16,17)/t4-,5+,6-,8-/m0/s1. The van der Waals surface area contributed by atoms with Gasteiger partial charge < -0.3 is 20.1 Å². The number of aromatic nitrogens is 2. The predicted octanol–water partition coefficient (Wildman–Crippen LogP) is -2.71. The zero-order valence-electron chi connectivity index (χ0n) is 8.99. The number of aliphatic hydroxyl groups is 3. The minimum absolute atomic E-state index is 0.571. The van der Waals surface area contributed by atoms with Gasteiger partial charge in [0.05, 0.1) is 12.8 Å². The molecule has 0 aliphatic carbocycles. The van der Waals surface area contributed by atoms with Crippen molar-refractivity contribution >= 4 is 0 Å². The molecule has 1 saturated heterocycles. The maximum Gasteiger partial charge on any atom is 0.330 e. The van der Waals surface area contributed by atoms with Crippen LogP contribution in [0, 0.1) is 5.82 Å². The molecule has 1 aromatic heterocycles. The molecule has 1 aromatic rings. The summed E-state index contributed by atoms with van der Waals surface area (Å²) in [4.78, 5) is 24.0. The Morgan fingerprint density at radius 3 is 2.61 bits per heavy atom. The maximum atomic E-state index is 13.1. The van der Waals surface area contributed by atoms with E-state index in [0.29, 0.717) is 10.8 Å². The first kappa shape index (κ1) is 12.9. The molecule has 1 aliphatic heterocycles. The van der Waals surface area contributed by atoms with Crippen LogP contribution in [0.5, 0.6) is 0 Å². The molecule has 0 unspecified atom stereocenters. The normalized spacial score (nSPS) is 31.8. The first-order chi connectivity index (χ1) is 8.45. The van der Waals surface area contributed by atoms with E-state index in [4.69, 9.17) is 9.84 Å². The van der Waals surface area contributed by atoms with Crippen LogP contribution in [0.15, 0.2) is 15.8 Å². The molecule has 4 N–H and O–H groups in total. The molecule has 0 spiro atoms. The largest absolute Gasteiger partial charge is 0.394 e. The SMILES string of the molecule is O=c1[nH]c(=O)n([C@H]2O[C@@H](CO)[C@@H](O)[C@@H]2O)cc1F. The Morgan fingerprint density at radius 1 is 1.39 bits per heavy atom. The molecule has 0 radical (unpaired) electrons. The van der Waals surface area contributed by atoms with E-state index in [-0.39, 0.29) is 0 Å². The van der Waals surface area contributed by atoms with Gasteiger partial charge in [-0.25, -0.2) is 4.79 Å². The first-order valence-corrected chi connectivity index (χ1v) is 5.09. The van der Waals surface area contributed by atoms with E-state index in [1.807, 2.05) is 0 Å². The molecule has 1 aliphatic rings. The molecule has 100 valence electrons. The van der Waals surface area contributed by atoms with Crippen LogP contribution < -0.4 is 11.2 Å². The zero-order valence-corrected chi connectivity index (χ0v) is 8.99. The summed E-state index contributed by atoms with van der Waals surface area (Å²) >= 11 is 0. The summed E-state index contributed by atoms with van der Waals surface area (Å²) in [5, 5.41) is 28.0. The number of H-pyrrole nitrogens is 1. The highest BCUT2D eigenvalue weighted by Gasteiger charge is 2.43. The van der Waals surface area contributed by atoms with E-state index in [9.17, 15) is 24.2 Å². The van der Waals surface area contributed by atoms with Gasteiger partial charge >= 0.3 is 5.69 Å². The van der Waals surface area contributed by atoms with Gasteiger partial charge in [0.2, 0.25) is 5.82 Å². The maximum absolute atomic E-state index is 13.1. The second-order valence-electron chi connectivity index (χ2n) is 3.87. The Hall–Kier alpha value is -1.55. The number of aromatic amines is 1. The third-order valence-electron chi connectivity index (χ3n) is 2.72. The Kier molecular flexibility index (Phi) is 3.30. The van der Waals surface area contributed by atoms with Crippen molar-refractivity contribution in [2.24, 2.45) is 0 Å². The lowest BCUT2D eigenvalue weighted by molar-refractivity contribution is -0.0554. The van der Waals surface area contributed by atoms with Gasteiger partial charge in [-0.3, -0.25) is 14.3 Å². The van der Waals surface area contributed by atoms with E-state index in [1.165, 1.54) is 0 Å². The topological polar surface area (TPSA) is 125 Å². The monoisotopic (exact) mass is 262 g/mol. The van der Waals surface area contributed by atoms with Gasteiger partial charge in [0.1, 0.15) is 18.3 Å². The number of halogens is 1. The summed E-state index contributed by atoms with van der Waals surface area (Å²) in [6.45, 7) is -0.574. The van der Waals surface area contributed by atoms with Gasteiger partial charge in [-0.15, -0.1) is 0 Å². The summed E-state index contributed by atoms with van der Waals surface area (Å²) in [6, 6.07) is 0. The molecule has 0 aromatic carbocycles. The van der Waals surface area contributed by atoms with Gasteiger partial charge in [-0.2, -0.15) is 4.39 Å². The van der Waals surface area contributed by atoms with Crippen molar-refractivity contribution < 1.29 is 24.4 Å². The lowest BCUT2D eigenvalue weighted by atomic mass is 10.1. The average Bonchev–Trinajstić information content (AvgIpc) is 2.61. The van der Waals surface area contributed by atoms with Crippen LogP contribution >= 0.6 is 0 Å². The number of nitrogens with zero attached hydrogens (tertiary/aromatic N) is 1. The number of ether oxygens (including phenoxy) is 1. The summed E-state index contributed by atoms with van der Waals surface area (Å²) in [7, 11) is 0. The quantitative estimate of drug-likeness (QED) is 0.459. The van der Waals surface area contributed by atoms with E-state index in [1.54, 1.807) is 4.98 Å². The van der Waals surface area contributed by atoms with Gasteiger partial charge in [-0.1, -0.05) is 0 Å². The lowest BCUT2D eigenvalue weighted by Crippen LogP contribution is -2.38. The van der Waals surface area contributed by atoms with Crippen molar-refractivity contribution in [2.45, 2.75) is 24.5 Å². The molecule has 0 saturated carbocycles. The third kappa shape index (κ3) is 1.97. The highest BCUT2D eigenvalue weighted by atomic mass is 19.1. The highest BCUT2D eigenvalue weighted by Crippen LogP contribution is 2.27. The molecular weight excluding hydrogens is 251 g/mol. The van der Waals surface area contributed by atoms with Crippen LogP contribution in [0.2, 0.25) is 0 Å². The Morgan fingerprint density at radius 2 is 2.06 bits per heavy atom. The molecule has 0 bridgehead atoms. The van der Waals surface area contributed by atoms with Crippen molar-refractivity contribution in [1.82, 2.24) is 9.55 Å². The number of hydrogen-bond acceptors (Lipinski definition) is 6. The molecule has 2 heterocycles. The van der Waals surface area contributed by atoms with Gasteiger partial charge in [0.25, 0.3) is 5.56 Å². The summed E-state index contributed by atoms with van der Waals surface area (Å²) in [5.74, 6) is -1.23. The Labute approximate surface area is 98.9 Å². The Bertz CT molecular complexity index is 555. The van der Waals surface area contributed by atoms with Gasteiger partial charge in [0, 0.05) is 0 Å². The van der Waals surface area contributed by atoms with Crippen molar-refractivity contribution in [3.05, 3.63) is 32.9 Å². The van der Waals surface area contributed by atoms with Gasteiger partial charge in [0.15, 0.2) is 6.23 Å². The third-order valence-corrected chi connectivity index (χ3v) is 2.72. The molecular formula is C9H11FN2O6. The minimum atomic E-state index is -1.52. The van der Waals surface area contributed by atoms with E-state index in [2.05, 4.69) is 0 Å². The zero-order chi connectivity index (χ0) is 13.4. The van der Waals surface area contributed by atoms with Crippen molar-refractivity contribution in [2.75, 3.05) is 6.61 Å². The Balaban J connectivity index is 2.42. The molecule has 4 atom stereocenters. The lowest BCUT2D eigenvalue weighted by Gasteiger charge is -2.16. The predicted molar refractivity (Wildman–Crippen MR) is 54.3 cm³/mol. The summed E-state index contributed by atoms with van der Waals surface area (Å²) in [6.07, 6.45) is -4.84. The van der Waals surface area contributed by atoms with Crippen LogP contribution in [-0.2, 0) is 4.74 Å². The van der Waals surface area contributed by atoms with E-state index in [0.717, 1.165) is 0 Å². The molecule has 9 heteroatoms. The number of nitrogens with one attached hydrogen (secondary N) is 1. The number of rotatable bonds is 2. The fourth-order valence-corrected chi connectivity index (χ4v) is 1.76. The van der Waals surface area contributed by atoms with E-state index >= 15 is 0 Å². The highest BCUT2D eigenvalue weighted by molar-refractivity contribution is 4.94. The average molecular weight is 262 g/mol. The van der Waals surface area contributed by atoms with Crippen LogP contribution in [0.4, 0.5) is 4.39 Å². The first-order valence-electron chi connectivity index (χ1n) is 5.09. The van der Waals surface area contributed by atoms with Crippen molar-refractivity contribution in [3.8, 4) is 0 Å². The van der Waals surface area contributed by atoms with Gasteiger partial charge in [-0.05, 0) is 0 Å². The number of aliphatic hydroxyl groups excluding tert-OH is 3. The van der Waals surface area contributed by atoms with Crippen LogP contribution in [0.1, 0.15) is 6.23 Å². The molecule has 0 amide bonds. The smallest absolute Gasteiger partial charge is 0.330 e. The number of hydrogen-bond donors (Lipinski definition) is 4. The second-order valence-corrected chi connectivity index (χ2v) is 3.87. The summed E-state index contributed by atoms with van der Waals surface area (Å²) in [5.41, 5.74) is -2.18. The molecule has 1 fully saturated rings. The molecule has 2 rings (SSSR count). The van der Waals surface area contributed by atoms with Crippen LogP contribution in [0.3, 0.4) is 0 Å². The van der Waals surface area contributed by atoms with E-state index < -0.39 is 48.2 Å². The minimum Gasteiger partial charge on any atom is -0.394 e. The fraction of sp³-hybridized carbons (Fsp3) is 0.556. The van der Waals surface area contributed by atoms with Crippen molar-refractivity contribution in [3.63, 3.8) is 0 Å². The fourth-order valence-electron chi connectivity index (χ4n) is 1.76. The molecule has 18 heavy (non-hydrogen) atoms. The van der Waals surface area contributed by atoms with Crippen LogP contribution in [-0.4, -0.2) is 49.8 Å². The van der Waals surface area contributed by atoms with Crippen molar-refractivity contribution in [1.29, 1.82) is 0 Å². The second kappa shape index (κ2) is 4.61. The van der Waals surface area contributed by atoms with Crippen LogP contribution in [0.25, 0.3) is 0 Å².